The molecule has 0 bridgehead atoms. The number of epoxide rings is 1. The minimum Gasteiger partial charge on any atom is -0.460 e. The Morgan fingerprint density at radius 3 is 2.36 bits per heavy atom. The average Bonchev–Trinajstić information content (AvgIpc) is 3.31. The van der Waals surface area contributed by atoms with E-state index in [-0.39, 0.29) is 23.9 Å². The first-order valence-corrected chi connectivity index (χ1v) is 6.64. The van der Waals surface area contributed by atoms with Crippen LogP contribution in [-0.4, -0.2) is 37.1 Å². The van der Waals surface area contributed by atoms with Crippen LogP contribution < -0.4 is 4.90 Å². The Morgan fingerprint density at radius 2 is 1.86 bits per heavy atom. The lowest BCUT2D eigenvalue weighted by Gasteiger charge is -2.12. The van der Waals surface area contributed by atoms with Crippen molar-refractivity contribution in [3.8, 4) is 0 Å². The number of imide groups is 1. The summed E-state index contributed by atoms with van der Waals surface area (Å²) < 4.78 is 9.42. The van der Waals surface area contributed by atoms with E-state index in [2.05, 4.69) is 11.3 Å². The molecule has 1 saturated heterocycles. The summed E-state index contributed by atoms with van der Waals surface area (Å²) in [5.41, 5.74) is 0.613. The summed E-state index contributed by atoms with van der Waals surface area (Å²) in [5.74, 6) is -0.946. The first-order valence-electron chi connectivity index (χ1n) is 6.64. The van der Waals surface area contributed by atoms with Gasteiger partial charge in [-0.15, -0.1) is 0 Å². The molecule has 2 amide bonds. The fourth-order valence-electron chi connectivity index (χ4n) is 1.63. The first-order chi connectivity index (χ1) is 10.6. The molecule has 1 fully saturated rings. The fourth-order valence-corrected chi connectivity index (χ4v) is 1.63. The molecule has 0 spiro atoms. The summed E-state index contributed by atoms with van der Waals surface area (Å²) in [6, 6.07) is 8.86. The molecule has 3 rings (SSSR count). The van der Waals surface area contributed by atoms with Crippen LogP contribution in [0.15, 0.2) is 55.1 Å². The van der Waals surface area contributed by atoms with Gasteiger partial charge in [-0.3, -0.25) is 9.59 Å². The molecule has 1 unspecified atom stereocenters. The Bertz CT molecular complexity index is 586. The third kappa shape index (κ3) is 4.39. The summed E-state index contributed by atoms with van der Waals surface area (Å²) in [6.45, 7) is 4.32. The number of para-hydroxylation sites is 1. The molecule has 1 atom stereocenters. The topological polar surface area (TPSA) is 76.2 Å². The Labute approximate surface area is 127 Å². The average molecular weight is 301 g/mol. The fraction of sp³-hybridized carbons (Fsp3) is 0.188. The van der Waals surface area contributed by atoms with Crippen molar-refractivity contribution in [1.82, 2.24) is 0 Å². The van der Waals surface area contributed by atoms with Crippen molar-refractivity contribution in [1.29, 1.82) is 0 Å². The van der Waals surface area contributed by atoms with Crippen molar-refractivity contribution >= 4 is 23.5 Å². The molecular weight excluding hydrogens is 286 g/mol. The highest BCUT2D eigenvalue weighted by molar-refractivity contribution is 6.28. The van der Waals surface area contributed by atoms with Gasteiger partial charge in [-0.25, -0.2) is 9.69 Å². The molecule has 0 aromatic heterocycles. The number of benzene rings is 1. The molecule has 2 aliphatic rings. The van der Waals surface area contributed by atoms with Crippen molar-refractivity contribution in [3.63, 3.8) is 0 Å². The van der Waals surface area contributed by atoms with Crippen molar-refractivity contribution in [3.05, 3.63) is 55.1 Å². The zero-order valence-corrected chi connectivity index (χ0v) is 11.8. The van der Waals surface area contributed by atoms with Gasteiger partial charge in [-0.05, 0) is 12.1 Å². The number of amides is 2. The van der Waals surface area contributed by atoms with Crippen LogP contribution in [0.4, 0.5) is 5.69 Å². The molecule has 1 aromatic carbocycles. The van der Waals surface area contributed by atoms with Gasteiger partial charge in [0.2, 0.25) is 0 Å². The molecule has 2 aliphatic heterocycles. The Balaban J connectivity index is 0.000000172. The van der Waals surface area contributed by atoms with Gasteiger partial charge in [0, 0.05) is 18.2 Å². The third-order valence-electron chi connectivity index (χ3n) is 2.80. The predicted molar refractivity (Wildman–Crippen MR) is 79.0 cm³/mol. The summed E-state index contributed by atoms with van der Waals surface area (Å²) in [7, 11) is 0. The Hall–Kier alpha value is -2.73. The quantitative estimate of drug-likeness (QED) is 0.362. The van der Waals surface area contributed by atoms with Gasteiger partial charge in [-0.1, -0.05) is 24.8 Å². The smallest absolute Gasteiger partial charge is 0.330 e. The van der Waals surface area contributed by atoms with Gasteiger partial charge < -0.3 is 9.47 Å². The van der Waals surface area contributed by atoms with E-state index in [1.807, 2.05) is 6.07 Å². The van der Waals surface area contributed by atoms with E-state index >= 15 is 0 Å². The van der Waals surface area contributed by atoms with Gasteiger partial charge in [0.15, 0.2) is 0 Å². The van der Waals surface area contributed by atoms with Crippen LogP contribution >= 0.6 is 0 Å². The lowest BCUT2D eigenvalue weighted by atomic mass is 10.3. The van der Waals surface area contributed by atoms with Crippen molar-refractivity contribution in [2.75, 3.05) is 18.1 Å². The van der Waals surface area contributed by atoms with Crippen LogP contribution in [0.2, 0.25) is 0 Å². The Kier molecular flexibility index (Phi) is 5.21. The van der Waals surface area contributed by atoms with Crippen LogP contribution in [-0.2, 0) is 23.9 Å². The minimum absolute atomic E-state index is 0.147. The SMILES string of the molecule is C=CC(=O)OCC1CO1.O=C1C=CC(=O)N1c1ccccc1. The molecule has 2 heterocycles. The zero-order valence-electron chi connectivity index (χ0n) is 11.8. The number of rotatable bonds is 4. The number of hydrogen-bond acceptors (Lipinski definition) is 5. The Morgan fingerprint density at radius 1 is 1.27 bits per heavy atom. The molecule has 1 aromatic rings. The minimum atomic E-state index is -0.384. The number of carbonyl (C=O) groups is 3. The number of esters is 1. The molecule has 0 N–H and O–H groups in total. The maximum absolute atomic E-state index is 11.2. The zero-order chi connectivity index (χ0) is 15.9. The van der Waals surface area contributed by atoms with Crippen molar-refractivity contribution in [2.24, 2.45) is 0 Å². The van der Waals surface area contributed by atoms with Gasteiger partial charge in [0.1, 0.15) is 12.7 Å². The van der Waals surface area contributed by atoms with E-state index in [1.165, 1.54) is 12.2 Å². The first kappa shape index (κ1) is 15.7. The van der Waals surface area contributed by atoms with E-state index < -0.39 is 0 Å². The van der Waals surface area contributed by atoms with Gasteiger partial charge in [-0.2, -0.15) is 0 Å². The molecule has 6 heteroatoms. The molecule has 114 valence electrons. The van der Waals surface area contributed by atoms with Crippen molar-refractivity contribution in [2.45, 2.75) is 6.10 Å². The third-order valence-corrected chi connectivity index (χ3v) is 2.80. The highest BCUT2D eigenvalue weighted by Crippen LogP contribution is 2.17. The largest absolute Gasteiger partial charge is 0.460 e. The van der Waals surface area contributed by atoms with Crippen LogP contribution in [0.25, 0.3) is 0 Å². The molecule has 0 aliphatic carbocycles. The maximum Gasteiger partial charge on any atom is 0.330 e. The summed E-state index contributed by atoms with van der Waals surface area (Å²) in [5, 5.41) is 0. The highest BCUT2D eigenvalue weighted by Gasteiger charge is 2.24. The van der Waals surface area contributed by atoms with Gasteiger partial charge in [0.05, 0.1) is 12.3 Å². The molecule has 0 radical (unpaired) electrons. The maximum atomic E-state index is 11.2. The van der Waals surface area contributed by atoms with Crippen LogP contribution in [0.1, 0.15) is 0 Å². The molecule has 0 saturated carbocycles. The van der Waals surface area contributed by atoms with E-state index in [0.29, 0.717) is 18.9 Å². The lowest BCUT2D eigenvalue weighted by Crippen LogP contribution is -2.29. The van der Waals surface area contributed by atoms with E-state index in [1.54, 1.807) is 24.3 Å². The van der Waals surface area contributed by atoms with E-state index in [9.17, 15) is 14.4 Å². The van der Waals surface area contributed by atoms with E-state index in [0.717, 1.165) is 11.0 Å². The second kappa shape index (κ2) is 7.33. The monoisotopic (exact) mass is 301 g/mol. The molecule has 22 heavy (non-hydrogen) atoms. The summed E-state index contributed by atoms with van der Waals surface area (Å²) >= 11 is 0. The van der Waals surface area contributed by atoms with Crippen LogP contribution in [0.3, 0.4) is 0 Å². The second-order valence-corrected chi connectivity index (χ2v) is 4.47. The molecule has 6 nitrogen and oxygen atoms in total. The number of nitrogens with zero attached hydrogens (tertiary/aromatic N) is 1. The molecular formula is C16H15NO5. The summed E-state index contributed by atoms with van der Waals surface area (Å²) in [4.78, 5) is 33.9. The van der Waals surface area contributed by atoms with E-state index in [4.69, 9.17) is 4.74 Å². The summed E-state index contributed by atoms with van der Waals surface area (Å²) in [6.07, 6.45) is 3.83. The van der Waals surface area contributed by atoms with Gasteiger partial charge in [0.25, 0.3) is 11.8 Å². The predicted octanol–water partition coefficient (Wildman–Crippen LogP) is 1.23. The normalized spacial score (nSPS) is 18.5. The lowest BCUT2D eigenvalue weighted by molar-refractivity contribution is -0.138. The number of hydrogen-bond donors (Lipinski definition) is 0. The second-order valence-electron chi connectivity index (χ2n) is 4.47. The van der Waals surface area contributed by atoms with Gasteiger partial charge >= 0.3 is 5.97 Å². The standard InChI is InChI=1S/C10H7NO2.C6H8O3/c12-9-6-7-10(13)11(9)8-4-2-1-3-5-8;1-2-6(7)9-4-5-3-8-5/h1-7H;2,5H,1,3-4H2. The highest BCUT2D eigenvalue weighted by atomic mass is 16.6. The van der Waals surface area contributed by atoms with Crippen molar-refractivity contribution < 1.29 is 23.9 Å². The van der Waals surface area contributed by atoms with Crippen LogP contribution in [0.5, 0.6) is 0 Å². The number of carbonyl (C=O) groups excluding carboxylic acids is 3. The number of ether oxygens (including phenoxy) is 2. The van der Waals surface area contributed by atoms with Crippen LogP contribution in [0, 0.1) is 0 Å². The number of anilines is 1.